The van der Waals surface area contributed by atoms with Crippen LogP contribution < -0.4 is 10.5 Å². The Balaban J connectivity index is 1.48. The summed E-state index contributed by atoms with van der Waals surface area (Å²) in [6.07, 6.45) is 6.43. The largest absolute Gasteiger partial charge is 0.491 e. The lowest BCUT2D eigenvalue weighted by atomic mass is 9.99. The van der Waals surface area contributed by atoms with Crippen molar-refractivity contribution in [3.8, 4) is 17.2 Å². The Labute approximate surface area is 141 Å². The highest BCUT2D eigenvalue weighted by Gasteiger charge is 2.36. The molecule has 1 atom stereocenters. The van der Waals surface area contributed by atoms with E-state index in [2.05, 4.69) is 10.1 Å². The molecule has 0 amide bonds. The summed E-state index contributed by atoms with van der Waals surface area (Å²) in [5.41, 5.74) is 6.81. The molecule has 0 bridgehead atoms. The van der Waals surface area contributed by atoms with Crippen LogP contribution in [0.5, 0.6) is 5.75 Å². The molecule has 1 saturated heterocycles. The first-order valence-electron chi connectivity index (χ1n) is 8.71. The molecule has 2 aliphatic rings. The van der Waals surface area contributed by atoms with Crippen molar-refractivity contribution in [3.63, 3.8) is 0 Å². The Morgan fingerprint density at radius 3 is 2.92 bits per heavy atom. The van der Waals surface area contributed by atoms with Crippen LogP contribution in [0.4, 0.5) is 0 Å². The van der Waals surface area contributed by atoms with Gasteiger partial charge < -0.3 is 19.7 Å². The van der Waals surface area contributed by atoms with Gasteiger partial charge in [-0.05, 0) is 43.9 Å². The molecule has 4 rings (SSSR count). The molecule has 2 fully saturated rings. The van der Waals surface area contributed by atoms with Crippen molar-refractivity contribution in [2.45, 2.75) is 50.2 Å². The number of ether oxygens (including phenoxy) is 2. The highest BCUT2D eigenvalue weighted by atomic mass is 16.5. The number of nitrogens with two attached hydrogens (primary N) is 1. The molecule has 2 heterocycles. The molecular formula is C18H23N3O3. The monoisotopic (exact) mass is 329 g/mol. The van der Waals surface area contributed by atoms with Crippen molar-refractivity contribution in [2.75, 3.05) is 13.2 Å². The second-order valence-corrected chi connectivity index (χ2v) is 6.76. The predicted octanol–water partition coefficient (Wildman–Crippen LogP) is 3.02. The third kappa shape index (κ3) is 3.16. The first-order valence-corrected chi connectivity index (χ1v) is 8.71. The minimum absolute atomic E-state index is 0.197. The first kappa shape index (κ1) is 15.6. The Morgan fingerprint density at radius 1 is 1.25 bits per heavy atom. The highest BCUT2D eigenvalue weighted by Crippen LogP contribution is 2.35. The van der Waals surface area contributed by atoms with Crippen LogP contribution in [0.1, 0.15) is 44.3 Å². The predicted molar refractivity (Wildman–Crippen MR) is 88.5 cm³/mol. The quantitative estimate of drug-likeness (QED) is 0.908. The van der Waals surface area contributed by atoms with Crippen LogP contribution >= 0.6 is 0 Å². The molecule has 1 unspecified atom stereocenters. The molecule has 1 aliphatic heterocycles. The average molecular weight is 329 g/mol. The second kappa shape index (κ2) is 6.53. The molecule has 6 heteroatoms. The number of aromatic nitrogens is 2. The maximum Gasteiger partial charge on any atom is 0.258 e. The van der Waals surface area contributed by atoms with Gasteiger partial charge >= 0.3 is 0 Å². The smallest absolute Gasteiger partial charge is 0.258 e. The number of rotatable bonds is 5. The number of benzene rings is 1. The lowest BCUT2D eigenvalue weighted by Gasteiger charge is -2.17. The molecule has 1 aromatic carbocycles. The van der Waals surface area contributed by atoms with E-state index in [1.165, 1.54) is 0 Å². The standard InChI is InChI=1S/C18H23N3O3/c19-18(8-1-2-9-18)17-20-16(24-21-17)13-5-3-6-14(11-13)23-12-15-7-4-10-22-15/h3,5-6,11,15H,1-2,4,7-10,12,19H2. The van der Waals surface area contributed by atoms with Gasteiger partial charge in [-0.1, -0.05) is 24.1 Å². The van der Waals surface area contributed by atoms with Gasteiger partial charge in [-0.2, -0.15) is 4.98 Å². The van der Waals surface area contributed by atoms with Crippen LogP contribution in [0.25, 0.3) is 11.5 Å². The summed E-state index contributed by atoms with van der Waals surface area (Å²) in [7, 11) is 0. The van der Waals surface area contributed by atoms with Gasteiger partial charge in [0.1, 0.15) is 12.4 Å². The number of nitrogens with zero attached hydrogens (tertiary/aromatic N) is 2. The summed E-state index contributed by atoms with van der Waals surface area (Å²) in [5, 5.41) is 4.11. The molecule has 2 N–H and O–H groups in total. The topological polar surface area (TPSA) is 83.4 Å². The molecule has 1 aliphatic carbocycles. The van der Waals surface area contributed by atoms with E-state index in [0.717, 1.165) is 56.4 Å². The van der Waals surface area contributed by atoms with Gasteiger partial charge in [-0.15, -0.1) is 0 Å². The molecule has 0 spiro atoms. The van der Waals surface area contributed by atoms with E-state index in [1.54, 1.807) is 0 Å². The zero-order valence-corrected chi connectivity index (χ0v) is 13.7. The molecule has 128 valence electrons. The minimum atomic E-state index is -0.435. The zero-order chi connectivity index (χ0) is 16.4. The normalized spacial score (nSPS) is 22.8. The van der Waals surface area contributed by atoms with Crippen LogP contribution in [-0.4, -0.2) is 29.5 Å². The van der Waals surface area contributed by atoms with Crippen molar-refractivity contribution >= 4 is 0 Å². The Bertz CT molecular complexity index is 688. The van der Waals surface area contributed by atoms with Gasteiger partial charge in [0, 0.05) is 12.2 Å². The van der Waals surface area contributed by atoms with Crippen molar-refractivity contribution in [1.82, 2.24) is 10.1 Å². The molecule has 1 saturated carbocycles. The van der Waals surface area contributed by atoms with Crippen molar-refractivity contribution in [3.05, 3.63) is 30.1 Å². The summed E-state index contributed by atoms with van der Waals surface area (Å²) in [4.78, 5) is 4.53. The number of hydrogen-bond donors (Lipinski definition) is 1. The maximum atomic E-state index is 6.40. The summed E-state index contributed by atoms with van der Waals surface area (Å²) in [6, 6.07) is 7.72. The van der Waals surface area contributed by atoms with E-state index in [-0.39, 0.29) is 6.10 Å². The van der Waals surface area contributed by atoms with Crippen LogP contribution in [0.3, 0.4) is 0 Å². The van der Waals surface area contributed by atoms with Crippen molar-refractivity contribution < 1.29 is 14.0 Å². The summed E-state index contributed by atoms with van der Waals surface area (Å²) < 4.78 is 16.9. The van der Waals surface area contributed by atoms with E-state index in [4.69, 9.17) is 19.7 Å². The van der Waals surface area contributed by atoms with Crippen molar-refractivity contribution in [2.24, 2.45) is 5.73 Å². The SMILES string of the molecule is NC1(c2noc(-c3cccc(OCC4CCCO4)c3)n2)CCCC1. The van der Waals surface area contributed by atoms with E-state index in [1.807, 2.05) is 24.3 Å². The van der Waals surface area contributed by atoms with Crippen molar-refractivity contribution in [1.29, 1.82) is 0 Å². The van der Waals surface area contributed by atoms with E-state index >= 15 is 0 Å². The molecule has 1 aromatic heterocycles. The zero-order valence-electron chi connectivity index (χ0n) is 13.7. The summed E-state index contributed by atoms with van der Waals surface area (Å²) >= 11 is 0. The third-order valence-corrected chi connectivity index (χ3v) is 4.91. The van der Waals surface area contributed by atoms with Gasteiger partial charge in [0.15, 0.2) is 5.82 Å². The first-order chi connectivity index (χ1) is 11.7. The third-order valence-electron chi connectivity index (χ3n) is 4.91. The second-order valence-electron chi connectivity index (χ2n) is 6.76. The van der Waals surface area contributed by atoms with E-state index in [0.29, 0.717) is 18.3 Å². The minimum Gasteiger partial charge on any atom is -0.491 e. The molecule has 0 radical (unpaired) electrons. The van der Waals surface area contributed by atoms with Gasteiger partial charge in [0.05, 0.1) is 11.6 Å². The molecule has 6 nitrogen and oxygen atoms in total. The van der Waals surface area contributed by atoms with Gasteiger partial charge in [0.2, 0.25) is 0 Å². The molecule has 24 heavy (non-hydrogen) atoms. The lowest BCUT2D eigenvalue weighted by molar-refractivity contribution is 0.0680. The maximum absolute atomic E-state index is 6.40. The average Bonchev–Trinajstić information content (AvgIpc) is 3.35. The van der Waals surface area contributed by atoms with E-state index < -0.39 is 5.54 Å². The summed E-state index contributed by atoms with van der Waals surface area (Å²) in [6.45, 7) is 1.41. The van der Waals surface area contributed by atoms with E-state index in [9.17, 15) is 0 Å². The van der Waals surface area contributed by atoms with Crippen LogP contribution in [0.2, 0.25) is 0 Å². The van der Waals surface area contributed by atoms with Crippen LogP contribution in [0, 0.1) is 0 Å². The number of hydrogen-bond acceptors (Lipinski definition) is 6. The Kier molecular flexibility index (Phi) is 4.24. The fourth-order valence-corrected chi connectivity index (χ4v) is 3.46. The van der Waals surface area contributed by atoms with Gasteiger partial charge in [0.25, 0.3) is 5.89 Å². The fraction of sp³-hybridized carbons (Fsp3) is 0.556. The fourth-order valence-electron chi connectivity index (χ4n) is 3.46. The molecular weight excluding hydrogens is 306 g/mol. The Hall–Kier alpha value is -1.92. The van der Waals surface area contributed by atoms with Crippen LogP contribution in [0.15, 0.2) is 28.8 Å². The van der Waals surface area contributed by atoms with Gasteiger partial charge in [-0.25, -0.2) is 0 Å². The van der Waals surface area contributed by atoms with Gasteiger partial charge in [-0.3, -0.25) is 0 Å². The highest BCUT2D eigenvalue weighted by molar-refractivity contribution is 5.55. The lowest BCUT2D eigenvalue weighted by Crippen LogP contribution is -2.34. The molecule has 2 aromatic rings. The Morgan fingerprint density at radius 2 is 2.12 bits per heavy atom. The van der Waals surface area contributed by atoms with Crippen LogP contribution in [-0.2, 0) is 10.3 Å². The summed E-state index contributed by atoms with van der Waals surface area (Å²) in [5.74, 6) is 1.89.